The number of carbonyl (C=O) groups excluding carboxylic acids is 1. The van der Waals surface area contributed by atoms with Crippen LogP contribution >= 0.6 is 0 Å². The minimum absolute atomic E-state index is 0.000454. The Morgan fingerprint density at radius 3 is 2.42 bits per heavy atom. The van der Waals surface area contributed by atoms with E-state index in [9.17, 15) is 13.2 Å². The fraction of sp³-hybridized carbons (Fsp3) is 0.632. The molecule has 2 rings (SSSR count). The molecule has 1 amide bonds. The van der Waals surface area contributed by atoms with Crippen LogP contribution in [0.4, 0.5) is 10.5 Å². The molecule has 1 aliphatic rings. The maximum absolute atomic E-state index is 12.6. The molecular weight excluding hydrogens is 352 g/mol. The molecule has 7 heteroatoms. The van der Waals surface area contributed by atoms with Crippen LogP contribution < -0.4 is 4.90 Å². The second-order valence-corrected chi connectivity index (χ2v) is 10.2. The predicted molar refractivity (Wildman–Crippen MR) is 103 cm³/mol. The topological polar surface area (TPSA) is 66.9 Å². The van der Waals surface area contributed by atoms with E-state index in [-0.39, 0.29) is 18.1 Å². The van der Waals surface area contributed by atoms with E-state index >= 15 is 0 Å². The molecule has 1 fully saturated rings. The number of nitrogens with zero attached hydrogens (tertiary/aromatic N) is 2. The predicted octanol–water partition coefficient (Wildman–Crippen LogP) is 3.17. The number of hydrogen-bond acceptors (Lipinski definition) is 5. The number of carbonyl (C=O) groups is 1. The van der Waals surface area contributed by atoms with Gasteiger partial charge in [-0.15, -0.1) is 0 Å². The number of anilines is 1. The first-order chi connectivity index (χ1) is 11.9. The molecule has 146 valence electrons. The van der Waals surface area contributed by atoms with Crippen molar-refractivity contribution in [2.45, 2.75) is 51.2 Å². The molecule has 0 spiro atoms. The zero-order valence-electron chi connectivity index (χ0n) is 16.5. The highest BCUT2D eigenvalue weighted by Gasteiger charge is 2.35. The van der Waals surface area contributed by atoms with E-state index in [4.69, 9.17) is 4.74 Å². The van der Waals surface area contributed by atoms with E-state index in [1.807, 2.05) is 26.8 Å². The second-order valence-electron chi connectivity index (χ2n) is 8.20. The first kappa shape index (κ1) is 20.6. The van der Waals surface area contributed by atoms with Gasteiger partial charge in [-0.1, -0.05) is 19.9 Å². The molecule has 1 saturated heterocycles. The average molecular weight is 383 g/mol. The summed E-state index contributed by atoms with van der Waals surface area (Å²) in [6, 6.07) is 6.98. The maximum Gasteiger partial charge on any atom is 0.410 e. The highest BCUT2D eigenvalue weighted by Crippen LogP contribution is 2.26. The van der Waals surface area contributed by atoms with Gasteiger partial charge in [-0.2, -0.15) is 0 Å². The van der Waals surface area contributed by atoms with E-state index in [0.717, 1.165) is 5.69 Å². The lowest BCUT2D eigenvalue weighted by molar-refractivity contribution is 0.00883. The first-order valence-electron chi connectivity index (χ1n) is 8.93. The summed E-state index contributed by atoms with van der Waals surface area (Å²) in [6.07, 6.45) is 0.921. The molecule has 1 atom stereocenters. The van der Waals surface area contributed by atoms with Gasteiger partial charge in [-0.25, -0.2) is 13.2 Å². The maximum atomic E-state index is 12.6. The summed E-state index contributed by atoms with van der Waals surface area (Å²) in [5.74, 6) is 0.253. The van der Waals surface area contributed by atoms with E-state index in [2.05, 4.69) is 18.7 Å². The van der Waals surface area contributed by atoms with Crippen molar-refractivity contribution in [1.82, 2.24) is 4.90 Å². The number of sulfone groups is 1. The van der Waals surface area contributed by atoms with Crippen LogP contribution in [-0.4, -0.2) is 56.9 Å². The van der Waals surface area contributed by atoms with Crippen molar-refractivity contribution in [3.8, 4) is 0 Å². The van der Waals surface area contributed by atoms with Crippen LogP contribution in [0.5, 0.6) is 0 Å². The van der Waals surface area contributed by atoms with E-state index in [1.54, 1.807) is 23.1 Å². The molecule has 0 saturated carbocycles. The molecule has 0 unspecified atom stereocenters. The summed E-state index contributed by atoms with van der Waals surface area (Å²) >= 11 is 0. The monoisotopic (exact) mass is 382 g/mol. The molecule has 1 heterocycles. The van der Waals surface area contributed by atoms with E-state index < -0.39 is 15.4 Å². The van der Waals surface area contributed by atoms with E-state index in [1.165, 1.54) is 6.26 Å². The molecule has 26 heavy (non-hydrogen) atoms. The Morgan fingerprint density at radius 1 is 1.23 bits per heavy atom. The van der Waals surface area contributed by atoms with Crippen LogP contribution in [0.15, 0.2) is 29.2 Å². The van der Waals surface area contributed by atoms with Gasteiger partial charge in [0.15, 0.2) is 9.84 Å². The third kappa shape index (κ3) is 5.13. The van der Waals surface area contributed by atoms with Gasteiger partial charge in [0, 0.05) is 31.6 Å². The molecule has 1 aromatic rings. The Hall–Kier alpha value is -1.76. The summed E-state index contributed by atoms with van der Waals surface area (Å²) < 4.78 is 29.2. The minimum Gasteiger partial charge on any atom is -0.444 e. The standard InChI is InChI=1S/C19H30N2O4S/c1-14(2)17-13-20(10-11-21(17)18(22)25-19(3,4)5)15-8-7-9-16(12-15)26(6,23)24/h7-9,12,14,17H,10-11,13H2,1-6H3/t17-/m0/s1. The Bertz CT molecular complexity index is 753. The molecule has 1 aromatic carbocycles. The molecule has 1 aliphatic heterocycles. The SMILES string of the molecule is CC(C)[C@@H]1CN(c2cccc(S(C)(=O)=O)c2)CCN1C(=O)OC(C)(C)C. The van der Waals surface area contributed by atoms with Gasteiger partial charge < -0.3 is 14.5 Å². The Balaban J connectivity index is 2.21. The molecule has 0 N–H and O–H groups in total. The summed E-state index contributed by atoms with van der Waals surface area (Å²) in [4.78, 5) is 16.8. The largest absolute Gasteiger partial charge is 0.444 e. The third-order valence-corrected chi connectivity index (χ3v) is 5.54. The van der Waals surface area contributed by atoms with Gasteiger partial charge in [0.05, 0.1) is 10.9 Å². The number of benzene rings is 1. The normalized spacial score (nSPS) is 19.0. The summed E-state index contributed by atoms with van der Waals surface area (Å²) in [7, 11) is -3.25. The fourth-order valence-electron chi connectivity index (χ4n) is 3.07. The summed E-state index contributed by atoms with van der Waals surface area (Å²) in [5.41, 5.74) is 0.335. The van der Waals surface area contributed by atoms with Gasteiger partial charge in [0.25, 0.3) is 0 Å². The van der Waals surface area contributed by atoms with Crippen molar-refractivity contribution in [3.63, 3.8) is 0 Å². The summed E-state index contributed by atoms with van der Waals surface area (Å²) in [6.45, 7) is 11.6. The number of hydrogen-bond donors (Lipinski definition) is 0. The van der Waals surface area contributed by atoms with Crippen molar-refractivity contribution in [2.24, 2.45) is 5.92 Å². The molecule has 0 aromatic heterocycles. The Kier molecular flexibility index (Phi) is 5.90. The van der Waals surface area contributed by atoms with Gasteiger partial charge in [-0.3, -0.25) is 0 Å². The summed E-state index contributed by atoms with van der Waals surface area (Å²) in [5, 5.41) is 0. The van der Waals surface area contributed by atoms with Crippen molar-refractivity contribution < 1.29 is 17.9 Å². The smallest absolute Gasteiger partial charge is 0.410 e. The van der Waals surface area contributed by atoms with Gasteiger partial charge >= 0.3 is 6.09 Å². The molecule has 6 nitrogen and oxygen atoms in total. The van der Waals surface area contributed by atoms with Crippen molar-refractivity contribution in [1.29, 1.82) is 0 Å². The third-order valence-electron chi connectivity index (χ3n) is 4.43. The Morgan fingerprint density at radius 2 is 1.88 bits per heavy atom. The lowest BCUT2D eigenvalue weighted by atomic mass is 9.99. The fourth-order valence-corrected chi connectivity index (χ4v) is 3.73. The van der Waals surface area contributed by atoms with E-state index in [0.29, 0.717) is 24.5 Å². The van der Waals surface area contributed by atoms with Gasteiger partial charge in [0.2, 0.25) is 0 Å². The van der Waals surface area contributed by atoms with Crippen LogP contribution in [-0.2, 0) is 14.6 Å². The van der Waals surface area contributed by atoms with Gasteiger partial charge in [0.1, 0.15) is 5.60 Å². The Labute approximate surface area is 157 Å². The highest BCUT2D eigenvalue weighted by molar-refractivity contribution is 7.90. The number of piperazine rings is 1. The molecule has 0 bridgehead atoms. The number of rotatable bonds is 3. The quantitative estimate of drug-likeness (QED) is 0.803. The molecule has 0 aliphatic carbocycles. The van der Waals surface area contributed by atoms with Crippen LogP contribution in [0.1, 0.15) is 34.6 Å². The molecule has 0 radical (unpaired) electrons. The second kappa shape index (κ2) is 7.47. The van der Waals surface area contributed by atoms with Crippen molar-refractivity contribution >= 4 is 21.6 Å². The zero-order chi connectivity index (χ0) is 19.7. The highest BCUT2D eigenvalue weighted by atomic mass is 32.2. The van der Waals surface area contributed by atoms with Gasteiger partial charge in [-0.05, 0) is 44.9 Å². The van der Waals surface area contributed by atoms with Crippen LogP contribution in [0, 0.1) is 5.92 Å². The zero-order valence-corrected chi connectivity index (χ0v) is 17.3. The first-order valence-corrected chi connectivity index (χ1v) is 10.8. The number of ether oxygens (including phenoxy) is 1. The van der Waals surface area contributed by atoms with Crippen LogP contribution in [0.25, 0.3) is 0 Å². The molecular formula is C19H30N2O4S. The lowest BCUT2D eigenvalue weighted by Gasteiger charge is -2.44. The van der Waals surface area contributed by atoms with Crippen LogP contribution in [0.2, 0.25) is 0 Å². The average Bonchev–Trinajstić information content (AvgIpc) is 2.52. The minimum atomic E-state index is -3.25. The van der Waals surface area contributed by atoms with Crippen molar-refractivity contribution in [2.75, 3.05) is 30.8 Å². The number of amides is 1. The van der Waals surface area contributed by atoms with Crippen molar-refractivity contribution in [3.05, 3.63) is 24.3 Å². The van der Waals surface area contributed by atoms with Crippen LogP contribution in [0.3, 0.4) is 0 Å². The lowest BCUT2D eigenvalue weighted by Crippen LogP contribution is -2.58.